The zero-order valence-electron chi connectivity index (χ0n) is 14.3. The van der Waals surface area contributed by atoms with E-state index in [1.165, 1.54) is 24.3 Å². The molecule has 1 fully saturated rings. The number of aromatic carboxylic acids is 1. The number of hydrogen-bond donors (Lipinski definition) is 2. The van der Waals surface area contributed by atoms with Gasteiger partial charge in [-0.25, -0.2) is 13.2 Å². The van der Waals surface area contributed by atoms with Crippen molar-refractivity contribution < 1.29 is 23.1 Å². The number of benzene rings is 2. The van der Waals surface area contributed by atoms with E-state index < -0.39 is 16.0 Å². The largest absolute Gasteiger partial charge is 0.478 e. The summed E-state index contributed by atoms with van der Waals surface area (Å²) in [5.74, 6) is -1.19. The number of hydrogen-bond acceptors (Lipinski definition) is 5. The van der Waals surface area contributed by atoms with E-state index >= 15 is 0 Å². The fourth-order valence-corrected chi connectivity index (χ4v) is 3.82. The van der Waals surface area contributed by atoms with Gasteiger partial charge in [-0.2, -0.15) is 0 Å². The van der Waals surface area contributed by atoms with Crippen LogP contribution in [0.25, 0.3) is 0 Å². The molecule has 138 valence electrons. The minimum atomic E-state index is -3.87. The van der Waals surface area contributed by atoms with E-state index in [0.29, 0.717) is 26.3 Å². The van der Waals surface area contributed by atoms with Gasteiger partial charge in [0.05, 0.1) is 29.4 Å². The van der Waals surface area contributed by atoms with Crippen molar-refractivity contribution in [3.05, 3.63) is 53.6 Å². The number of ether oxygens (including phenoxy) is 1. The summed E-state index contributed by atoms with van der Waals surface area (Å²) in [7, 11) is -3.87. The van der Waals surface area contributed by atoms with Gasteiger partial charge < -0.3 is 14.7 Å². The lowest BCUT2D eigenvalue weighted by atomic mass is 10.1. The molecule has 0 bridgehead atoms. The Morgan fingerprint density at radius 3 is 2.38 bits per heavy atom. The molecule has 26 heavy (non-hydrogen) atoms. The molecule has 2 aromatic rings. The SMILES string of the molecule is Cc1ccc(S(=O)(=O)Nc2ccc(N3CCOCC3)cc2C(=O)O)cc1. The molecule has 0 aliphatic carbocycles. The van der Waals surface area contributed by atoms with Gasteiger partial charge in [0.1, 0.15) is 0 Å². The highest BCUT2D eigenvalue weighted by molar-refractivity contribution is 7.92. The Balaban J connectivity index is 1.91. The zero-order chi connectivity index (χ0) is 18.7. The van der Waals surface area contributed by atoms with Gasteiger partial charge >= 0.3 is 5.97 Å². The number of sulfonamides is 1. The minimum absolute atomic E-state index is 0.0371. The van der Waals surface area contributed by atoms with Gasteiger partial charge in [-0.1, -0.05) is 17.7 Å². The molecule has 1 aliphatic rings. The number of carboxylic acids is 1. The Bertz CT molecular complexity index is 904. The number of nitrogens with one attached hydrogen (secondary N) is 1. The molecule has 0 saturated carbocycles. The van der Waals surface area contributed by atoms with Crippen LogP contribution in [0.4, 0.5) is 11.4 Å². The van der Waals surface area contributed by atoms with E-state index in [4.69, 9.17) is 4.74 Å². The van der Waals surface area contributed by atoms with Gasteiger partial charge in [0, 0.05) is 18.8 Å². The van der Waals surface area contributed by atoms with Crippen LogP contribution >= 0.6 is 0 Å². The Kier molecular flexibility index (Phi) is 5.15. The first kappa shape index (κ1) is 18.2. The molecular weight excluding hydrogens is 356 g/mol. The maximum atomic E-state index is 12.5. The first-order valence-corrected chi connectivity index (χ1v) is 9.65. The molecule has 2 aromatic carbocycles. The predicted molar refractivity (Wildman–Crippen MR) is 98.4 cm³/mol. The molecule has 0 unspecified atom stereocenters. The molecule has 1 heterocycles. The Morgan fingerprint density at radius 2 is 1.77 bits per heavy atom. The van der Waals surface area contributed by atoms with E-state index in [1.54, 1.807) is 18.2 Å². The van der Waals surface area contributed by atoms with Crippen molar-refractivity contribution in [1.82, 2.24) is 0 Å². The van der Waals surface area contributed by atoms with Crippen LogP contribution in [-0.2, 0) is 14.8 Å². The summed E-state index contributed by atoms with van der Waals surface area (Å²) >= 11 is 0. The van der Waals surface area contributed by atoms with Crippen LogP contribution in [0, 0.1) is 6.92 Å². The average Bonchev–Trinajstić information content (AvgIpc) is 2.62. The molecular formula is C18H20N2O5S. The number of morpholine rings is 1. The third-order valence-corrected chi connectivity index (χ3v) is 5.57. The van der Waals surface area contributed by atoms with Crippen molar-refractivity contribution in [2.75, 3.05) is 35.9 Å². The van der Waals surface area contributed by atoms with Crippen molar-refractivity contribution in [3.63, 3.8) is 0 Å². The third-order valence-electron chi connectivity index (χ3n) is 4.19. The van der Waals surface area contributed by atoms with E-state index in [0.717, 1.165) is 11.3 Å². The highest BCUT2D eigenvalue weighted by Crippen LogP contribution is 2.26. The number of aryl methyl sites for hydroxylation is 1. The molecule has 2 N–H and O–H groups in total. The molecule has 8 heteroatoms. The van der Waals surface area contributed by atoms with Crippen molar-refractivity contribution in [3.8, 4) is 0 Å². The fourth-order valence-electron chi connectivity index (χ4n) is 2.74. The highest BCUT2D eigenvalue weighted by Gasteiger charge is 2.20. The fraction of sp³-hybridized carbons (Fsp3) is 0.278. The summed E-state index contributed by atoms with van der Waals surface area (Å²) in [6.45, 7) is 4.33. The minimum Gasteiger partial charge on any atom is -0.478 e. The van der Waals surface area contributed by atoms with Gasteiger partial charge in [-0.3, -0.25) is 4.72 Å². The van der Waals surface area contributed by atoms with Gasteiger partial charge in [0.15, 0.2) is 0 Å². The van der Waals surface area contributed by atoms with E-state index in [1.807, 2.05) is 11.8 Å². The summed E-state index contributed by atoms with van der Waals surface area (Å²) in [5, 5.41) is 9.51. The Labute approximate surface area is 152 Å². The van der Waals surface area contributed by atoms with Crippen LogP contribution in [0.1, 0.15) is 15.9 Å². The molecule has 0 aromatic heterocycles. The van der Waals surface area contributed by atoms with Crippen molar-refractivity contribution in [2.24, 2.45) is 0 Å². The molecule has 0 spiro atoms. The van der Waals surface area contributed by atoms with Crippen LogP contribution in [0.3, 0.4) is 0 Å². The number of rotatable bonds is 5. The van der Waals surface area contributed by atoms with Crippen LogP contribution in [0.15, 0.2) is 47.4 Å². The van der Waals surface area contributed by atoms with Crippen LogP contribution in [0.5, 0.6) is 0 Å². The quantitative estimate of drug-likeness (QED) is 0.831. The van der Waals surface area contributed by atoms with Crippen molar-refractivity contribution >= 4 is 27.4 Å². The number of anilines is 2. The second-order valence-corrected chi connectivity index (χ2v) is 7.74. The molecule has 0 amide bonds. The second-order valence-electron chi connectivity index (χ2n) is 6.05. The lowest BCUT2D eigenvalue weighted by Gasteiger charge is -2.29. The monoisotopic (exact) mass is 376 g/mol. The lowest BCUT2D eigenvalue weighted by molar-refractivity contribution is 0.0698. The Morgan fingerprint density at radius 1 is 1.12 bits per heavy atom. The Hall–Kier alpha value is -2.58. The predicted octanol–water partition coefficient (Wildman–Crippen LogP) is 2.33. The lowest BCUT2D eigenvalue weighted by Crippen LogP contribution is -2.36. The standard InChI is InChI=1S/C18H20N2O5S/c1-13-2-5-15(6-3-13)26(23,24)19-17-7-4-14(12-16(17)18(21)22)20-8-10-25-11-9-20/h2-7,12,19H,8-11H2,1H3,(H,21,22). The van der Waals surface area contributed by atoms with Crippen molar-refractivity contribution in [1.29, 1.82) is 0 Å². The summed E-state index contributed by atoms with van der Waals surface area (Å²) in [4.78, 5) is 13.7. The third kappa shape index (κ3) is 3.97. The smallest absolute Gasteiger partial charge is 0.337 e. The van der Waals surface area contributed by atoms with Crippen molar-refractivity contribution in [2.45, 2.75) is 11.8 Å². The van der Waals surface area contributed by atoms with Crippen LogP contribution in [-0.4, -0.2) is 45.8 Å². The first-order valence-electron chi connectivity index (χ1n) is 8.16. The van der Waals surface area contributed by atoms with Crippen LogP contribution < -0.4 is 9.62 Å². The highest BCUT2D eigenvalue weighted by atomic mass is 32.2. The molecule has 1 aliphatic heterocycles. The van der Waals surface area contributed by atoms with Gasteiger partial charge in [0.2, 0.25) is 0 Å². The maximum Gasteiger partial charge on any atom is 0.337 e. The molecule has 1 saturated heterocycles. The summed E-state index contributed by atoms with van der Waals surface area (Å²) in [6, 6.07) is 11.0. The van der Waals surface area contributed by atoms with Gasteiger partial charge in [-0.15, -0.1) is 0 Å². The zero-order valence-corrected chi connectivity index (χ0v) is 15.1. The molecule has 0 radical (unpaired) electrons. The molecule has 7 nitrogen and oxygen atoms in total. The summed E-state index contributed by atoms with van der Waals surface area (Å²) in [5.41, 5.74) is 1.61. The number of carboxylic acid groups (broad SMARTS) is 1. The number of nitrogens with zero attached hydrogens (tertiary/aromatic N) is 1. The van der Waals surface area contributed by atoms with E-state index in [-0.39, 0.29) is 16.1 Å². The van der Waals surface area contributed by atoms with Gasteiger partial charge in [0.25, 0.3) is 10.0 Å². The maximum absolute atomic E-state index is 12.5. The second kappa shape index (κ2) is 7.35. The normalized spacial score (nSPS) is 14.9. The van der Waals surface area contributed by atoms with E-state index in [9.17, 15) is 18.3 Å². The average molecular weight is 376 g/mol. The molecule has 3 rings (SSSR count). The topological polar surface area (TPSA) is 95.9 Å². The first-order chi connectivity index (χ1) is 12.4. The summed E-state index contributed by atoms with van der Waals surface area (Å²) < 4.78 is 32.8. The molecule has 0 atom stereocenters. The number of carbonyl (C=O) groups is 1. The van der Waals surface area contributed by atoms with Gasteiger partial charge in [-0.05, 0) is 37.3 Å². The van der Waals surface area contributed by atoms with E-state index in [2.05, 4.69) is 4.72 Å². The summed E-state index contributed by atoms with van der Waals surface area (Å²) in [6.07, 6.45) is 0. The van der Waals surface area contributed by atoms with Crippen LogP contribution in [0.2, 0.25) is 0 Å².